The summed E-state index contributed by atoms with van der Waals surface area (Å²) in [6.45, 7) is 7.59. The van der Waals surface area contributed by atoms with Gasteiger partial charge in [-0.05, 0) is 25.8 Å². The lowest BCUT2D eigenvalue weighted by Gasteiger charge is -2.37. The Hall–Kier alpha value is -0.870. The molecule has 2 saturated heterocycles. The maximum atomic E-state index is 11.5. The molecule has 4 heteroatoms. The standard InChI is InChI=1S/C14H24N2O2/c1-3-12(14(17)18-2)6-8-15-9-10-16-7-4-5-13(16)11-15/h6,13H,3-5,7-11H2,1-2H3. The van der Waals surface area contributed by atoms with Crippen LogP contribution in [0.15, 0.2) is 11.6 Å². The molecule has 0 saturated carbocycles. The molecule has 2 aliphatic heterocycles. The molecule has 0 aromatic heterocycles. The van der Waals surface area contributed by atoms with E-state index in [4.69, 9.17) is 4.74 Å². The van der Waals surface area contributed by atoms with Crippen molar-refractivity contribution in [3.05, 3.63) is 11.6 Å². The fourth-order valence-corrected chi connectivity index (χ4v) is 2.96. The Labute approximate surface area is 110 Å². The first-order chi connectivity index (χ1) is 8.74. The summed E-state index contributed by atoms with van der Waals surface area (Å²) in [6.07, 6.45) is 5.46. The van der Waals surface area contributed by atoms with Crippen LogP contribution in [0.1, 0.15) is 26.2 Å². The summed E-state index contributed by atoms with van der Waals surface area (Å²) in [6, 6.07) is 0.746. The van der Waals surface area contributed by atoms with Crippen molar-refractivity contribution in [3.63, 3.8) is 0 Å². The van der Waals surface area contributed by atoms with Gasteiger partial charge in [-0.2, -0.15) is 0 Å². The molecule has 0 bridgehead atoms. The second kappa shape index (κ2) is 6.34. The summed E-state index contributed by atoms with van der Waals surface area (Å²) >= 11 is 0. The van der Waals surface area contributed by atoms with Crippen LogP contribution in [0.25, 0.3) is 0 Å². The molecule has 102 valence electrons. The molecule has 2 aliphatic rings. The predicted molar refractivity (Wildman–Crippen MR) is 71.4 cm³/mol. The van der Waals surface area contributed by atoms with E-state index < -0.39 is 0 Å². The molecule has 0 aromatic carbocycles. The van der Waals surface area contributed by atoms with Crippen LogP contribution in [-0.4, -0.2) is 61.6 Å². The molecule has 0 aliphatic carbocycles. The van der Waals surface area contributed by atoms with Gasteiger partial charge < -0.3 is 4.74 Å². The van der Waals surface area contributed by atoms with Gasteiger partial charge >= 0.3 is 5.97 Å². The zero-order valence-corrected chi connectivity index (χ0v) is 11.5. The van der Waals surface area contributed by atoms with Gasteiger partial charge in [0.1, 0.15) is 0 Å². The van der Waals surface area contributed by atoms with Gasteiger partial charge in [0.2, 0.25) is 0 Å². The molecular weight excluding hydrogens is 228 g/mol. The Morgan fingerprint density at radius 2 is 2.22 bits per heavy atom. The first kappa shape index (κ1) is 13.6. The van der Waals surface area contributed by atoms with Gasteiger partial charge in [-0.15, -0.1) is 0 Å². The molecule has 0 aromatic rings. The van der Waals surface area contributed by atoms with E-state index in [0.29, 0.717) is 0 Å². The van der Waals surface area contributed by atoms with Crippen LogP contribution < -0.4 is 0 Å². The second-order valence-electron chi connectivity index (χ2n) is 5.17. The van der Waals surface area contributed by atoms with Crippen molar-refractivity contribution in [2.75, 3.05) is 39.8 Å². The molecule has 0 amide bonds. The molecular formula is C14H24N2O2. The first-order valence-electron chi connectivity index (χ1n) is 6.98. The third kappa shape index (κ3) is 3.12. The summed E-state index contributed by atoms with van der Waals surface area (Å²) < 4.78 is 4.78. The van der Waals surface area contributed by atoms with Crippen molar-refractivity contribution < 1.29 is 9.53 Å². The minimum atomic E-state index is -0.183. The van der Waals surface area contributed by atoms with Crippen molar-refractivity contribution in [2.45, 2.75) is 32.2 Å². The maximum absolute atomic E-state index is 11.5. The number of carbonyl (C=O) groups excluding carboxylic acids is 1. The van der Waals surface area contributed by atoms with Crippen LogP contribution in [0, 0.1) is 0 Å². The molecule has 2 fully saturated rings. The highest BCUT2D eigenvalue weighted by Crippen LogP contribution is 2.21. The highest BCUT2D eigenvalue weighted by atomic mass is 16.5. The molecule has 1 unspecified atom stereocenters. The number of carbonyl (C=O) groups is 1. The van der Waals surface area contributed by atoms with E-state index in [2.05, 4.69) is 9.80 Å². The average Bonchev–Trinajstić information content (AvgIpc) is 2.86. The van der Waals surface area contributed by atoms with Crippen LogP contribution >= 0.6 is 0 Å². The highest BCUT2D eigenvalue weighted by molar-refractivity contribution is 5.88. The Morgan fingerprint density at radius 1 is 1.39 bits per heavy atom. The Bertz CT molecular complexity index is 328. The zero-order chi connectivity index (χ0) is 13.0. The third-order valence-electron chi connectivity index (χ3n) is 4.10. The van der Waals surface area contributed by atoms with Crippen molar-refractivity contribution in [1.82, 2.24) is 9.80 Å². The molecule has 2 rings (SSSR count). The number of methoxy groups -OCH3 is 1. The van der Waals surface area contributed by atoms with Gasteiger partial charge in [-0.1, -0.05) is 13.0 Å². The lowest BCUT2D eigenvalue weighted by molar-refractivity contribution is -0.136. The number of hydrogen-bond donors (Lipinski definition) is 0. The van der Waals surface area contributed by atoms with E-state index >= 15 is 0 Å². The maximum Gasteiger partial charge on any atom is 0.333 e. The highest BCUT2D eigenvalue weighted by Gasteiger charge is 2.29. The second-order valence-corrected chi connectivity index (χ2v) is 5.17. The SMILES string of the molecule is CCC(=CCN1CCN2CCCC2C1)C(=O)OC. The quantitative estimate of drug-likeness (QED) is 0.557. The zero-order valence-electron chi connectivity index (χ0n) is 11.5. The van der Waals surface area contributed by atoms with Crippen LogP contribution in [-0.2, 0) is 9.53 Å². The number of fused-ring (bicyclic) bond motifs is 1. The molecule has 0 spiro atoms. The minimum Gasteiger partial charge on any atom is -0.466 e. The van der Waals surface area contributed by atoms with Gasteiger partial charge in [0, 0.05) is 37.8 Å². The van der Waals surface area contributed by atoms with Gasteiger partial charge in [0.15, 0.2) is 0 Å². The number of esters is 1. The molecule has 0 radical (unpaired) electrons. The van der Waals surface area contributed by atoms with E-state index in [-0.39, 0.29) is 5.97 Å². The largest absolute Gasteiger partial charge is 0.466 e. The lowest BCUT2D eigenvalue weighted by atomic mass is 10.1. The van der Waals surface area contributed by atoms with Crippen LogP contribution in [0.2, 0.25) is 0 Å². The summed E-state index contributed by atoms with van der Waals surface area (Å²) in [5, 5.41) is 0. The fraction of sp³-hybridized carbons (Fsp3) is 0.786. The van der Waals surface area contributed by atoms with Gasteiger partial charge in [0.05, 0.1) is 7.11 Å². The Morgan fingerprint density at radius 3 is 2.94 bits per heavy atom. The molecule has 2 heterocycles. The fourth-order valence-electron chi connectivity index (χ4n) is 2.96. The summed E-state index contributed by atoms with van der Waals surface area (Å²) in [7, 11) is 1.45. The number of hydrogen-bond acceptors (Lipinski definition) is 4. The van der Waals surface area contributed by atoms with Gasteiger partial charge in [-0.3, -0.25) is 9.80 Å². The van der Waals surface area contributed by atoms with Crippen LogP contribution in [0.3, 0.4) is 0 Å². The Kier molecular flexibility index (Phi) is 4.78. The monoisotopic (exact) mass is 252 g/mol. The number of piperazine rings is 1. The lowest BCUT2D eigenvalue weighted by Crippen LogP contribution is -2.50. The van der Waals surface area contributed by atoms with E-state index in [0.717, 1.165) is 37.7 Å². The molecule has 0 N–H and O–H groups in total. The van der Waals surface area contributed by atoms with Crippen molar-refractivity contribution >= 4 is 5.97 Å². The summed E-state index contributed by atoms with van der Waals surface area (Å²) in [5.41, 5.74) is 0.798. The normalized spacial score (nSPS) is 26.1. The summed E-state index contributed by atoms with van der Waals surface area (Å²) in [4.78, 5) is 16.5. The number of ether oxygens (including phenoxy) is 1. The van der Waals surface area contributed by atoms with Crippen LogP contribution in [0.4, 0.5) is 0 Å². The van der Waals surface area contributed by atoms with Gasteiger partial charge in [0.25, 0.3) is 0 Å². The van der Waals surface area contributed by atoms with Crippen molar-refractivity contribution in [3.8, 4) is 0 Å². The molecule has 18 heavy (non-hydrogen) atoms. The number of nitrogens with zero attached hydrogens (tertiary/aromatic N) is 2. The van der Waals surface area contributed by atoms with Gasteiger partial charge in [-0.25, -0.2) is 4.79 Å². The average molecular weight is 252 g/mol. The van der Waals surface area contributed by atoms with Crippen LogP contribution in [0.5, 0.6) is 0 Å². The topological polar surface area (TPSA) is 32.8 Å². The predicted octanol–water partition coefficient (Wildman–Crippen LogP) is 1.28. The van der Waals surface area contributed by atoms with Crippen molar-refractivity contribution in [2.24, 2.45) is 0 Å². The van der Waals surface area contributed by atoms with E-state index in [9.17, 15) is 4.79 Å². The summed E-state index contributed by atoms with van der Waals surface area (Å²) in [5.74, 6) is -0.183. The minimum absolute atomic E-state index is 0.183. The smallest absolute Gasteiger partial charge is 0.333 e. The Balaban J connectivity index is 1.86. The van der Waals surface area contributed by atoms with Crippen molar-refractivity contribution in [1.29, 1.82) is 0 Å². The first-order valence-corrected chi connectivity index (χ1v) is 6.98. The van der Waals surface area contributed by atoms with E-state index in [1.807, 2.05) is 13.0 Å². The third-order valence-corrected chi connectivity index (χ3v) is 4.10. The number of rotatable bonds is 4. The van der Waals surface area contributed by atoms with E-state index in [1.54, 1.807) is 0 Å². The molecule has 1 atom stereocenters. The molecule has 4 nitrogen and oxygen atoms in total. The van der Waals surface area contributed by atoms with E-state index in [1.165, 1.54) is 33.0 Å².